The van der Waals surface area contributed by atoms with E-state index in [0.29, 0.717) is 13.1 Å². The van der Waals surface area contributed by atoms with Crippen LogP contribution in [0.1, 0.15) is 25.3 Å². The van der Waals surface area contributed by atoms with E-state index in [0.717, 1.165) is 34.5 Å². The van der Waals surface area contributed by atoms with E-state index in [9.17, 15) is 14.4 Å². The maximum atomic E-state index is 12.9. The van der Waals surface area contributed by atoms with Gasteiger partial charge in [0.15, 0.2) is 0 Å². The van der Waals surface area contributed by atoms with Gasteiger partial charge in [0.05, 0.1) is 22.0 Å². The highest BCUT2D eigenvalue weighted by Crippen LogP contribution is 2.37. The number of para-hydroxylation sites is 3. The van der Waals surface area contributed by atoms with Crippen LogP contribution in [0.25, 0.3) is 11.0 Å². The first kappa shape index (κ1) is 19.0. The van der Waals surface area contributed by atoms with Gasteiger partial charge in [-0.1, -0.05) is 24.3 Å². The molecule has 2 N–H and O–H groups in total. The normalized spacial score (nSPS) is 19.5. The van der Waals surface area contributed by atoms with E-state index >= 15 is 0 Å². The minimum atomic E-state index is -0.415. The molecule has 0 bridgehead atoms. The number of hydrogen-bond acceptors (Lipinski definition) is 4. The Morgan fingerprint density at radius 1 is 1.03 bits per heavy atom. The van der Waals surface area contributed by atoms with Crippen molar-refractivity contribution in [2.24, 2.45) is 0 Å². The maximum Gasteiger partial charge on any atom is 0.326 e. The minimum absolute atomic E-state index is 0.00763. The van der Waals surface area contributed by atoms with Crippen LogP contribution in [0.2, 0.25) is 0 Å². The number of likely N-dealkylation sites (tertiary alicyclic amines) is 1. The Morgan fingerprint density at radius 2 is 1.77 bits per heavy atom. The van der Waals surface area contributed by atoms with E-state index in [1.54, 1.807) is 0 Å². The minimum Gasteiger partial charge on any atom is -0.342 e. The molecule has 0 spiro atoms. The zero-order chi connectivity index (χ0) is 20.7. The molecule has 154 valence electrons. The van der Waals surface area contributed by atoms with Gasteiger partial charge in [-0.2, -0.15) is 0 Å². The third-order valence-electron chi connectivity index (χ3n) is 5.87. The van der Waals surface area contributed by atoms with Gasteiger partial charge in [0.25, 0.3) is 0 Å². The molecule has 3 aromatic rings. The Balaban J connectivity index is 1.24. The summed E-state index contributed by atoms with van der Waals surface area (Å²) in [5, 5.41) is 2.48. The summed E-state index contributed by atoms with van der Waals surface area (Å²) in [6, 6.07) is 15.4. The summed E-state index contributed by atoms with van der Waals surface area (Å²) < 4.78 is 1.82. The predicted octanol–water partition coefficient (Wildman–Crippen LogP) is 3.00. The average Bonchev–Trinajstić information content (AvgIpc) is 3.10. The SMILES string of the molecule is O=C1Nc2ccccc2S[C@@H]1CC(=O)N1CCC(n2c(=O)[nH]c3ccccc32)CC1. The molecule has 2 aliphatic heterocycles. The highest BCUT2D eigenvalue weighted by molar-refractivity contribution is 8.01. The smallest absolute Gasteiger partial charge is 0.326 e. The number of hydrogen-bond donors (Lipinski definition) is 2. The van der Waals surface area contributed by atoms with Crippen molar-refractivity contribution in [3.05, 3.63) is 59.0 Å². The molecule has 8 heteroatoms. The monoisotopic (exact) mass is 422 g/mol. The number of aromatic amines is 1. The van der Waals surface area contributed by atoms with E-state index in [-0.39, 0.29) is 30.0 Å². The molecule has 2 aromatic carbocycles. The average molecular weight is 423 g/mol. The number of carbonyl (C=O) groups is 2. The number of anilines is 1. The Bertz CT molecular complexity index is 1180. The second-order valence-electron chi connectivity index (χ2n) is 7.73. The van der Waals surface area contributed by atoms with Crippen LogP contribution in [0.5, 0.6) is 0 Å². The molecular formula is C22H22N4O3S. The fraction of sp³-hybridized carbons (Fsp3) is 0.318. The van der Waals surface area contributed by atoms with Gasteiger partial charge >= 0.3 is 5.69 Å². The van der Waals surface area contributed by atoms with Crippen LogP contribution in [0, 0.1) is 0 Å². The molecule has 1 fully saturated rings. The summed E-state index contributed by atoms with van der Waals surface area (Å²) in [6.07, 6.45) is 1.63. The van der Waals surface area contributed by atoms with E-state index in [1.165, 1.54) is 11.8 Å². The van der Waals surface area contributed by atoms with E-state index in [2.05, 4.69) is 10.3 Å². The summed E-state index contributed by atoms with van der Waals surface area (Å²) in [6.45, 7) is 1.18. The van der Waals surface area contributed by atoms with Gasteiger partial charge in [-0.3, -0.25) is 14.2 Å². The second kappa shape index (κ2) is 7.68. The molecule has 7 nitrogen and oxygen atoms in total. The van der Waals surface area contributed by atoms with E-state index < -0.39 is 5.25 Å². The lowest BCUT2D eigenvalue weighted by Gasteiger charge is -2.33. The summed E-state index contributed by atoms with van der Waals surface area (Å²) in [4.78, 5) is 43.4. The molecule has 1 aromatic heterocycles. The van der Waals surface area contributed by atoms with Crippen LogP contribution in [0.4, 0.5) is 5.69 Å². The van der Waals surface area contributed by atoms with Gasteiger partial charge in [-0.05, 0) is 37.1 Å². The third-order valence-corrected chi connectivity index (χ3v) is 7.15. The number of piperidine rings is 1. The molecule has 30 heavy (non-hydrogen) atoms. The van der Waals surface area contributed by atoms with Crippen molar-refractivity contribution in [1.82, 2.24) is 14.5 Å². The number of benzene rings is 2. The first-order valence-corrected chi connectivity index (χ1v) is 11.0. The van der Waals surface area contributed by atoms with E-state index in [4.69, 9.17) is 0 Å². The molecule has 3 heterocycles. The molecular weight excluding hydrogens is 400 g/mol. The van der Waals surface area contributed by atoms with Gasteiger partial charge in [0.2, 0.25) is 11.8 Å². The van der Waals surface area contributed by atoms with Crippen molar-refractivity contribution < 1.29 is 9.59 Å². The van der Waals surface area contributed by atoms with Crippen LogP contribution in [0.15, 0.2) is 58.2 Å². The van der Waals surface area contributed by atoms with Crippen LogP contribution in [-0.4, -0.2) is 44.6 Å². The zero-order valence-corrected chi connectivity index (χ0v) is 17.2. The topological polar surface area (TPSA) is 87.2 Å². The number of fused-ring (bicyclic) bond motifs is 2. The van der Waals surface area contributed by atoms with E-state index in [1.807, 2.05) is 58.0 Å². The van der Waals surface area contributed by atoms with Crippen LogP contribution >= 0.6 is 11.8 Å². The fourth-order valence-corrected chi connectivity index (χ4v) is 5.43. The third kappa shape index (κ3) is 3.41. The number of amides is 2. The highest BCUT2D eigenvalue weighted by atomic mass is 32.2. The zero-order valence-electron chi connectivity index (χ0n) is 16.3. The summed E-state index contributed by atoms with van der Waals surface area (Å²) in [5.41, 5.74) is 2.44. The molecule has 0 unspecified atom stereocenters. The Morgan fingerprint density at radius 3 is 2.60 bits per heavy atom. The maximum absolute atomic E-state index is 12.9. The van der Waals surface area contributed by atoms with Gasteiger partial charge < -0.3 is 15.2 Å². The Labute approximate surface area is 177 Å². The second-order valence-corrected chi connectivity index (χ2v) is 8.97. The van der Waals surface area contributed by atoms with Crippen LogP contribution in [0.3, 0.4) is 0 Å². The van der Waals surface area contributed by atoms with Crippen molar-refractivity contribution in [2.45, 2.75) is 35.4 Å². The molecule has 0 saturated carbocycles. The molecule has 0 aliphatic carbocycles. The summed E-state index contributed by atoms with van der Waals surface area (Å²) in [7, 11) is 0. The number of nitrogens with zero attached hydrogens (tertiary/aromatic N) is 2. The molecule has 2 amide bonds. The summed E-state index contributed by atoms with van der Waals surface area (Å²) >= 11 is 1.45. The van der Waals surface area contributed by atoms with Crippen molar-refractivity contribution in [3.8, 4) is 0 Å². The number of carbonyl (C=O) groups excluding carboxylic acids is 2. The Hall–Kier alpha value is -3.00. The number of H-pyrrole nitrogens is 1. The first-order valence-electron chi connectivity index (χ1n) is 10.1. The van der Waals surface area contributed by atoms with Crippen molar-refractivity contribution >= 4 is 40.3 Å². The lowest BCUT2D eigenvalue weighted by molar-refractivity contribution is -0.133. The van der Waals surface area contributed by atoms with Crippen LogP contribution in [-0.2, 0) is 9.59 Å². The number of aromatic nitrogens is 2. The fourth-order valence-electron chi connectivity index (χ4n) is 4.32. The van der Waals surface area contributed by atoms with Crippen molar-refractivity contribution in [1.29, 1.82) is 0 Å². The van der Waals surface area contributed by atoms with Gasteiger partial charge in [0.1, 0.15) is 0 Å². The lowest BCUT2D eigenvalue weighted by atomic mass is 10.0. The molecule has 2 aliphatic rings. The highest BCUT2D eigenvalue weighted by Gasteiger charge is 2.32. The molecule has 1 saturated heterocycles. The lowest BCUT2D eigenvalue weighted by Crippen LogP contribution is -2.42. The number of thioether (sulfide) groups is 1. The van der Waals surface area contributed by atoms with Crippen molar-refractivity contribution in [2.75, 3.05) is 18.4 Å². The molecule has 5 rings (SSSR count). The first-order chi connectivity index (χ1) is 14.6. The predicted molar refractivity (Wildman–Crippen MR) is 117 cm³/mol. The van der Waals surface area contributed by atoms with Gasteiger partial charge in [-0.15, -0.1) is 11.8 Å². The molecule has 0 radical (unpaired) electrons. The molecule has 1 atom stereocenters. The van der Waals surface area contributed by atoms with Crippen LogP contribution < -0.4 is 11.0 Å². The van der Waals surface area contributed by atoms with Crippen molar-refractivity contribution in [3.63, 3.8) is 0 Å². The quantitative estimate of drug-likeness (QED) is 0.679. The Kier molecular flexibility index (Phi) is 4.86. The standard InChI is InChI=1S/C22H22N4O3S/c27-20(13-19-21(28)23-16-6-2-4-8-18(16)30-19)25-11-9-14(10-12-25)26-17-7-3-1-5-15(17)24-22(26)29/h1-8,14,19H,9-13H2,(H,23,28)(H,24,29)/t19-/m1/s1. The summed E-state index contributed by atoms with van der Waals surface area (Å²) in [5.74, 6) is -0.126. The largest absolute Gasteiger partial charge is 0.342 e. The van der Waals surface area contributed by atoms with Gasteiger partial charge in [0, 0.05) is 30.4 Å². The van der Waals surface area contributed by atoms with Gasteiger partial charge in [-0.25, -0.2) is 4.79 Å². The number of nitrogens with one attached hydrogen (secondary N) is 2. The number of rotatable bonds is 3. The number of imidazole rings is 1.